The van der Waals surface area contributed by atoms with Gasteiger partial charge in [-0.15, -0.1) is 0 Å². The number of hydrogen-bond donors (Lipinski definition) is 1. The van der Waals surface area contributed by atoms with Crippen LogP contribution in [0.1, 0.15) is 19.2 Å². The van der Waals surface area contributed by atoms with E-state index in [4.69, 9.17) is 5.73 Å². The molecule has 0 aliphatic carbocycles. The fourth-order valence-corrected chi connectivity index (χ4v) is 1.84. The molecule has 19 heavy (non-hydrogen) atoms. The van der Waals surface area contributed by atoms with E-state index in [0.717, 1.165) is 30.9 Å². The van der Waals surface area contributed by atoms with Gasteiger partial charge in [-0.1, -0.05) is 6.92 Å². The Kier molecular flexibility index (Phi) is 4.21. The van der Waals surface area contributed by atoms with Crippen molar-refractivity contribution in [1.29, 1.82) is 0 Å². The number of benzene rings is 1. The summed E-state index contributed by atoms with van der Waals surface area (Å²) >= 11 is 0. The maximum absolute atomic E-state index is 13.2. The van der Waals surface area contributed by atoms with Gasteiger partial charge in [0.1, 0.15) is 5.82 Å². The van der Waals surface area contributed by atoms with Crippen molar-refractivity contribution in [2.75, 3.05) is 6.54 Å². The second kappa shape index (κ2) is 5.88. The number of halogens is 2. The standard InChI is InChI=1S/C13H16F2N4/c1-2-7-19-12(5-6-16)17-13(18-19)9-3-4-10(14)11(15)8-9/h3-4,8H,2,5-7,16H2,1H3. The van der Waals surface area contributed by atoms with Gasteiger partial charge in [0.15, 0.2) is 17.5 Å². The lowest BCUT2D eigenvalue weighted by atomic mass is 10.2. The molecule has 0 aliphatic heterocycles. The van der Waals surface area contributed by atoms with E-state index >= 15 is 0 Å². The number of nitrogens with zero attached hydrogens (tertiary/aromatic N) is 3. The van der Waals surface area contributed by atoms with E-state index in [9.17, 15) is 8.78 Å². The monoisotopic (exact) mass is 266 g/mol. The number of aromatic nitrogens is 3. The molecule has 2 N–H and O–H groups in total. The number of hydrogen-bond acceptors (Lipinski definition) is 3. The highest BCUT2D eigenvalue weighted by Crippen LogP contribution is 2.19. The number of aryl methyl sites for hydroxylation is 1. The zero-order valence-electron chi connectivity index (χ0n) is 10.7. The highest BCUT2D eigenvalue weighted by molar-refractivity contribution is 5.54. The van der Waals surface area contributed by atoms with E-state index in [0.29, 0.717) is 24.4 Å². The van der Waals surface area contributed by atoms with Crippen molar-refractivity contribution >= 4 is 0 Å². The van der Waals surface area contributed by atoms with Crippen molar-refractivity contribution in [3.05, 3.63) is 35.7 Å². The SMILES string of the molecule is CCCn1nc(-c2ccc(F)c(F)c2)nc1CCN. The molecular weight excluding hydrogens is 250 g/mol. The Morgan fingerprint density at radius 1 is 1.26 bits per heavy atom. The van der Waals surface area contributed by atoms with Crippen LogP contribution in [0.4, 0.5) is 8.78 Å². The molecule has 4 nitrogen and oxygen atoms in total. The van der Waals surface area contributed by atoms with Crippen LogP contribution in [-0.4, -0.2) is 21.3 Å². The molecule has 1 aromatic heterocycles. The van der Waals surface area contributed by atoms with Crippen molar-refractivity contribution in [3.8, 4) is 11.4 Å². The van der Waals surface area contributed by atoms with Gasteiger partial charge in [-0.05, 0) is 31.2 Å². The van der Waals surface area contributed by atoms with Gasteiger partial charge in [-0.2, -0.15) is 5.10 Å². The lowest BCUT2D eigenvalue weighted by molar-refractivity contribution is 0.509. The predicted molar refractivity (Wildman–Crippen MR) is 68.4 cm³/mol. The van der Waals surface area contributed by atoms with Gasteiger partial charge >= 0.3 is 0 Å². The van der Waals surface area contributed by atoms with Crippen molar-refractivity contribution in [3.63, 3.8) is 0 Å². The van der Waals surface area contributed by atoms with Gasteiger partial charge in [0.2, 0.25) is 0 Å². The van der Waals surface area contributed by atoms with Crippen LogP contribution >= 0.6 is 0 Å². The summed E-state index contributed by atoms with van der Waals surface area (Å²) in [4.78, 5) is 4.34. The molecule has 0 spiro atoms. The Bertz CT molecular complexity index is 542. The molecule has 0 atom stereocenters. The Balaban J connectivity index is 2.38. The molecule has 2 aromatic rings. The minimum Gasteiger partial charge on any atom is -0.330 e. The first-order chi connectivity index (χ1) is 9.15. The van der Waals surface area contributed by atoms with E-state index in [1.165, 1.54) is 6.07 Å². The average Bonchev–Trinajstić information content (AvgIpc) is 2.77. The topological polar surface area (TPSA) is 56.7 Å². The van der Waals surface area contributed by atoms with Crippen LogP contribution in [0.15, 0.2) is 18.2 Å². The van der Waals surface area contributed by atoms with Crippen molar-refractivity contribution < 1.29 is 8.78 Å². The average molecular weight is 266 g/mol. The largest absolute Gasteiger partial charge is 0.330 e. The molecule has 0 saturated heterocycles. The van der Waals surface area contributed by atoms with Crippen LogP contribution < -0.4 is 5.73 Å². The summed E-state index contributed by atoms with van der Waals surface area (Å²) in [6.45, 7) is 3.23. The van der Waals surface area contributed by atoms with Gasteiger partial charge < -0.3 is 5.73 Å². The molecule has 0 bridgehead atoms. The summed E-state index contributed by atoms with van der Waals surface area (Å²) in [6, 6.07) is 3.65. The predicted octanol–water partition coefficient (Wildman–Crippen LogP) is 2.13. The second-order valence-corrected chi connectivity index (χ2v) is 4.24. The molecule has 1 heterocycles. The third-order valence-corrected chi connectivity index (χ3v) is 2.73. The van der Waals surface area contributed by atoms with E-state index in [2.05, 4.69) is 10.1 Å². The second-order valence-electron chi connectivity index (χ2n) is 4.24. The Labute approximate surface area is 110 Å². The molecular formula is C13H16F2N4. The molecule has 2 rings (SSSR count). The summed E-state index contributed by atoms with van der Waals surface area (Å²) < 4.78 is 27.9. The molecule has 0 radical (unpaired) electrons. The molecule has 102 valence electrons. The minimum atomic E-state index is -0.898. The highest BCUT2D eigenvalue weighted by Gasteiger charge is 2.12. The molecule has 0 saturated carbocycles. The summed E-state index contributed by atoms with van der Waals surface area (Å²) in [6.07, 6.45) is 1.52. The van der Waals surface area contributed by atoms with E-state index < -0.39 is 11.6 Å². The molecule has 0 amide bonds. The van der Waals surface area contributed by atoms with Gasteiger partial charge in [0.05, 0.1) is 0 Å². The van der Waals surface area contributed by atoms with Crippen LogP contribution in [0.3, 0.4) is 0 Å². The normalized spacial score (nSPS) is 10.9. The summed E-state index contributed by atoms with van der Waals surface area (Å²) in [5, 5.41) is 4.32. The van der Waals surface area contributed by atoms with Gasteiger partial charge in [-0.25, -0.2) is 18.4 Å². The van der Waals surface area contributed by atoms with Crippen molar-refractivity contribution in [1.82, 2.24) is 14.8 Å². The Morgan fingerprint density at radius 3 is 2.68 bits per heavy atom. The zero-order valence-corrected chi connectivity index (χ0v) is 10.7. The van der Waals surface area contributed by atoms with Crippen LogP contribution in [0.5, 0.6) is 0 Å². The summed E-state index contributed by atoms with van der Waals surface area (Å²) in [7, 11) is 0. The molecule has 0 unspecified atom stereocenters. The van der Waals surface area contributed by atoms with E-state index in [1.807, 2.05) is 6.92 Å². The minimum absolute atomic E-state index is 0.399. The molecule has 0 fully saturated rings. The molecule has 1 aromatic carbocycles. The number of rotatable bonds is 5. The third kappa shape index (κ3) is 2.96. The molecule has 6 heteroatoms. The smallest absolute Gasteiger partial charge is 0.181 e. The van der Waals surface area contributed by atoms with E-state index in [1.54, 1.807) is 4.68 Å². The van der Waals surface area contributed by atoms with Gasteiger partial charge in [0.25, 0.3) is 0 Å². The van der Waals surface area contributed by atoms with Gasteiger partial charge in [-0.3, -0.25) is 0 Å². The summed E-state index contributed by atoms with van der Waals surface area (Å²) in [5.41, 5.74) is 5.99. The first-order valence-electron chi connectivity index (χ1n) is 6.25. The van der Waals surface area contributed by atoms with Crippen molar-refractivity contribution in [2.45, 2.75) is 26.3 Å². The van der Waals surface area contributed by atoms with E-state index in [-0.39, 0.29) is 0 Å². The van der Waals surface area contributed by atoms with Crippen LogP contribution in [-0.2, 0) is 13.0 Å². The lowest BCUT2D eigenvalue weighted by Crippen LogP contribution is -2.10. The quantitative estimate of drug-likeness (QED) is 0.902. The fourth-order valence-electron chi connectivity index (χ4n) is 1.84. The maximum atomic E-state index is 13.2. The highest BCUT2D eigenvalue weighted by atomic mass is 19.2. The molecule has 0 aliphatic rings. The zero-order chi connectivity index (χ0) is 13.8. The Hall–Kier alpha value is -1.82. The van der Waals surface area contributed by atoms with Crippen LogP contribution in [0.25, 0.3) is 11.4 Å². The fraction of sp³-hybridized carbons (Fsp3) is 0.385. The van der Waals surface area contributed by atoms with Crippen LogP contribution in [0, 0.1) is 11.6 Å². The first-order valence-corrected chi connectivity index (χ1v) is 6.25. The van der Waals surface area contributed by atoms with Crippen molar-refractivity contribution in [2.24, 2.45) is 5.73 Å². The maximum Gasteiger partial charge on any atom is 0.181 e. The number of nitrogens with two attached hydrogens (primary N) is 1. The first kappa shape index (κ1) is 13.6. The Morgan fingerprint density at radius 2 is 2.05 bits per heavy atom. The van der Waals surface area contributed by atoms with Gasteiger partial charge in [0, 0.05) is 18.5 Å². The third-order valence-electron chi connectivity index (χ3n) is 2.73. The lowest BCUT2D eigenvalue weighted by Gasteiger charge is -2.01. The summed E-state index contributed by atoms with van der Waals surface area (Å²) in [5.74, 6) is -0.608. The van der Waals surface area contributed by atoms with Crippen LogP contribution in [0.2, 0.25) is 0 Å².